The zero-order chi connectivity index (χ0) is 18.8. The third kappa shape index (κ3) is 3.80. The average Bonchev–Trinajstić information content (AvgIpc) is 3.23. The lowest BCUT2D eigenvalue weighted by molar-refractivity contribution is 0.0713. The van der Waals surface area contributed by atoms with Crippen molar-refractivity contribution in [2.45, 2.75) is 31.9 Å². The Hall–Kier alpha value is -2.50. The van der Waals surface area contributed by atoms with Crippen LogP contribution in [0.4, 0.5) is 0 Å². The largest absolute Gasteiger partial charge is 0.376 e. The van der Waals surface area contributed by atoms with Gasteiger partial charge in [-0.15, -0.1) is 0 Å². The zero-order valence-corrected chi connectivity index (χ0v) is 15.7. The maximum absolute atomic E-state index is 13.1. The third-order valence-corrected chi connectivity index (χ3v) is 5.09. The second kappa shape index (κ2) is 7.62. The molecule has 27 heavy (non-hydrogen) atoms. The van der Waals surface area contributed by atoms with Crippen molar-refractivity contribution < 1.29 is 9.53 Å². The van der Waals surface area contributed by atoms with Gasteiger partial charge in [-0.1, -0.05) is 11.6 Å². The van der Waals surface area contributed by atoms with E-state index < -0.39 is 0 Å². The molecule has 3 heterocycles. The van der Waals surface area contributed by atoms with Gasteiger partial charge in [0.15, 0.2) is 0 Å². The molecule has 2 unspecified atom stereocenters. The molecule has 2 atom stereocenters. The number of rotatable bonds is 4. The van der Waals surface area contributed by atoms with Crippen LogP contribution in [0, 0.1) is 0 Å². The van der Waals surface area contributed by atoms with Crippen LogP contribution in [0.15, 0.2) is 48.8 Å². The van der Waals surface area contributed by atoms with Crippen molar-refractivity contribution >= 4 is 28.4 Å². The lowest BCUT2D eigenvalue weighted by Crippen LogP contribution is -2.40. The molecule has 1 aromatic carbocycles. The predicted molar refractivity (Wildman–Crippen MR) is 106 cm³/mol. The smallest absolute Gasteiger partial charge is 0.252 e. The van der Waals surface area contributed by atoms with Crippen molar-refractivity contribution in [2.24, 2.45) is 0 Å². The van der Waals surface area contributed by atoms with Crippen molar-refractivity contribution in [3.63, 3.8) is 0 Å². The molecular weight excluding hydrogens is 362 g/mol. The normalized spacial score (nSPS) is 17.8. The lowest BCUT2D eigenvalue weighted by Gasteiger charge is -2.20. The number of pyridine rings is 2. The topological polar surface area (TPSA) is 64.1 Å². The van der Waals surface area contributed by atoms with Gasteiger partial charge in [-0.2, -0.15) is 0 Å². The average molecular weight is 382 g/mol. The summed E-state index contributed by atoms with van der Waals surface area (Å²) < 4.78 is 5.69. The Morgan fingerprint density at radius 1 is 1.33 bits per heavy atom. The van der Waals surface area contributed by atoms with Crippen LogP contribution in [0.2, 0.25) is 5.02 Å². The second-order valence-corrected chi connectivity index (χ2v) is 7.21. The Bertz CT molecular complexity index is 972. The van der Waals surface area contributed by atoms with Gasteiger partial charge < -0.3 is 10.1 Å². The number of ether oxygens (including phenoxy) is 1. The number of hydrogen-bond donors (Lipinski definition) is 1. The molecule has 6 heteroatoms. The number of carbonyl (C=O) groups excluding carboxylic acids is 1. The van der Waals surface area contributed by atoms with Gasteiger partial charge in [-0.05, 0) is 56.2 Å². The lowest BCUT2D eigenvalue weighted by atomic mass is 10.0. The Morgan fingerprint density at radius 2 is 2.22 bits per heavy atom. The molecule has 1 aliphatic rings. The van der Waals surface area contributed by atoms with Crippen molar-refractivity contribution in [2.75, 3.05) is 6.61 Å². The van der Waals surface area contributed by atoms with E-state index in [1.807, 2.05) is 25.1 Å². The standard InChI is InChI=1S/C21H20ClN3O2/c1-13(20-5-3-9-27-20)24-21(26)17-11-19(14-4-2-8-23-12-14)25-18-7-6-15(22)10-16(17)18/h2,4,6-8,10-13,20H,3,5,9H2,1H3,(H,24,26). The van der Waals surface area contributed by atoms with E-state index in [-0.39, 0.29) is 18.1 Å². The minimum atomic E-state index is -0.155. The van der Waals surface area contributed by atoms with E-state index in [0.717, 1.165) is 35.9 Å². The molecule has 0 radical (unpaired) electrons. The van der Waals surface area contributed by atoms with Gasteiger partial charge in [0.1, 0.15) is 0 Å². The Morgan fingerprint density at radius 3 is 2.96 bits per heavy atom. The molecule has 0 aliphatic carbocycles. The number of nitrogens with zero attached hydrogens (tertiary/aromatic N) is 2. The molecule has 138 valence electrons. The first-order valence-corrected chi connectivity index (χ1v) is 9.43. The molecule has 1 N–H and O–H groups in total. The van der Waals surface area contributed by atoms with Gasteiger partial charge in [0.25, 0.3) is 5.91 Å². The Labute approximate surface area is 162 Å². The summed E-state index contributed by atoms with van der Waals surface area (Å²) in [4.78, 5) is 21.9. The summed E-state index contributed by atoms with van der Waals surface area (Å²) in [6.07, 6.45) is 5.50. The van der Waals surface area contributed by atoms with E-state index in [4.69, 9.17) is 16.3 Å². The summed E-state index contributed by atoms with van der Waals surface area (Å²) >= 11 is 6.17. The van der Waals surface area contributed by atoms with Crippen LogP contribution in [-0.2, 0) is 4.74 Å². The van der Waals surface area contributed by atoms with Crippen molar-refractivity contribution in [1.29, 1.82) is 0 Å². The van der Waals surface area contributed by atoms with Crippen LogP contribution < -0.4 is 5.32 Å². The number of halogens is 1. The predicted octanol–water partition coefficient (Wildman–Crippen LogP) is 4.25. The van der Waals surface area contributed by atoms with E-state index in [0.29, 0.717) is 16.3 Å². The minimum absolute atomic E-state index is 0.0587. The summed E-state index contributed by atoms with van der Waals surface area (Å²) in [5.41, 5.74) is 2.82. The summed E-state index contributed by atoms with van der Waals surface area (Å²) in [6, 6.07) is 10.9. The number of amides is 1. The van der Waals surface area contributed by atoms with E-state index in [2.05, 4.69) is 15.3 Å². The number of aromatic nitrogens is 2. The summed E-state index contributed by atoms with van der Waals surface area (Å²) in [5.74, 6) is -0.155. The maximum atomic E-state index is 13.1. The molecule has 0 bridgehead atoms. The highest BCUT2D eigenvalue weighted by atomic mass is 35.5. The monoisotopic (exact) mass is 381 g/mol. The molecule has 4 rings (SSSR count). The molecule has 1 aliphatic heterocycles. The van der Waals surface area contributed by atoms with Crippen LogP contribution in [-0.4, -0.2) is 34.6 Å². The fourth-order valence-electron chi connectivity index (χ4n) is 3.42. The molecule has 0 saturated carbocycles. The maximum Gasteiger partial charge on any atom is 0.252 e. The van der Waals surface area contributed by atoms with Gasteiger partial charge in [0, 0.05) is 35.0 Å². The fraction of sp³-hybridized carbons (Fsp3) is 0.286. The molecular formula is C21H20ClN3O2. The number of nitrogens with one attached hydrogen (secondary N) is 1. The highest BCUT2D eigenvalue weighted by molar-refractivity contribution is 6.31. The van der Waals surface area contributed by atoms with Gasteiger partial charge in [-0.3, -0.25) is 9.78 Å². The van der Waals surface area contributed by atoms with Crippen molar-refractivity contribution in [1.82, 2.24) is 15.3 Å². The Kier molecular flexibility index (Phi) is 5.05. The molecule has 1 fully saturated rings. The van der Waals surface area contributed by atoms with Gasteiger partial charge in [0.05, 0.1) is 28.9 Å². The van der Waals surface area contributed by atoms with Gasteiger partial charge >= 0.3 is 0 Å². The number of benzene rings is 1. The van der Waals surface area contributed by atoms with Crippen molar-refractivity contribution in [3.05, 3.63) is 59.4 Å². The molecule has 3 aromatic rings. The van der Waals surface area contributed by atoms with E-state index in [1.165, 1.54) is 0 Å². The van der Waals surface area contributed by atoms with Crippen LogP contribution in [0.3, 0.4) is 0 Å². The van der Waals surface area contributed by atoms with Gasteiger partial charge in [0.2, 0.25) is 0 Å². The second-order valence-electron chi connectivity index (χ2n) is 6.77. The highest BCUT2D eigenvalue weighted by Crippen LogP contribution is 2.27. The number of fused-ring (bicyclic) bond motifs is 1. The molecule has 1 amide bonds. The fourth-order valence-corrected chi connectivity index (χ4v) is 3.59. The highest BCUT2D eigenvalue weighted by Gasteiger charge is 2.25. The summed E-state index contributed by atoms with van der Waals surface area (Å²) in [6.45, 7) is 2.73. The van der Waals surface area contributed by atoms with E-state index in [1.54, 1.807) is 30.6 Å². The van der Waals surface area contributed by atoms with Crippen LogP contribution in [0.1, 0.15) is 30.1 Å². The molecule has 1 saturated heterocycles. The number of carbonyl (C=O) groups is 1. The summed E-state index contributed by atoms with van der Waals surface area (Å²) in [7, 11) is 0. The van der Waals surface area contributed by atoms with E-state index >= 15 is 0 Å². The van der Waals surface area contributed by atoms with Crippen LogP contribution >= 0.6 is 11.6 Å². The van der Waals surface area contributed by atoms with Crippen molar-refractivity contribution in [3.8, 4) is 11.3 Å². The first kappa shape index (κ1) is 17.9. The quantitative estimate of drug-likeness (QED) is 0.733. The first-order chi connectivity index (χ1) is 13.1. The summed E-state index contributed by atoms with van der Waals surface area (Å²) in [5, 5.41) is 4.38. The Balaban J connectivity index is 1.75. The van der Waals surface area contributed by atoms with Gasteiger partial charge in [-0.25, -0.2) is 4.98 Å². The van der Waals surface area contributed by atoms with E-state index in [9.17, 15) is 4.79 Å². The first-order valence-electron chi connectivity index (χ1n) is 9.05. The molecule has 5 nitrogen and oxygen atoms in total. The molecule has 2 aromatic heterocycles. The minimum Gasteiger partial charge on any atom is -0.376 e. The SMILES string of the molecule is CC(NC(=O)c1cc(-c2cccnc2)nc2ccc(Cl)cc12)C1CCCO1. The number of hydrogen-bond acceptors (Lipinski definition) is 4. The van der Waals surface area contributed by atoms with Crippen LogP contribution in [0.25, 0.3) is 22.2 Å². The zero-order valence-electron chi connectivity index (χ0n) is 15.0. The molecule has 0 spiro atoms. The third-order valence-electron chi connectivity index (χ3n) is 4.85. The van der Waals surface area contributed by atoms with Crippen LogP contribution in [0.5, 0.6) is 0 Å².